The zero-order valence-corrected chi connectivity index (χ0v) is 22.6. The van der Waals surface area contributed by atoms with Gasteiger partial charge in [-0.15, -0.1) is 11.3 Å². The second kappa shape index (κ2) is 11.0. The Balaban J connectivity index is 1.00. The van der Waals surface area contributed by atoms with Crippen molar-refractivity contribution in [1.82, 2.24) is 25.0 Å². The first-order valence-electron chi connectivity index (χ1n) is 13.7. The predicted octanol–water partition coefficient (Wildman–Crippen LogP) is 3.59. The third-order valence-electron chi connectivity index (χ3n) is 8.34. The van der Waals surface area contributed by atoms with E-state index >= 15 is 0 Å². The average Bonchev–Trinajstić information content (AvgIpc) is 3.43. The first-order chi connectivity index (χ1) is 18.6. The number of likely N-dealkylation sites (tertiary alicyclic amines) is 1. The number of piperidine rings is 1. The Morgan fingerprint density at radius 1 is 1.21 bits per heavy atom. The molecule has 9 heteroatoms. The number of rotatable bonds is 7. The van der Waals surface area contributed by atoms with Crippen LogP contribution in [-0.4, -0.2) is 84.0 Å². The van der Waals surface area contributed by atoms with Crippen LogP contribution in [0.25, 0.3) is 6.08 Å². The third-order valence-corrected chi connectivity index (χ3v) is 9.22. The molecule has 0 aliphatic carbocycles. The highest BCUT2D eigenvalue weighted by atomic mass is 32.1. The van der Waals surface area contributed by atoms with E-state index in [9.17, 15) is 9.59 Å². The van der Waals surface area contributed by atoms with E-state index in [2.05, 4.69) is 44.1 Å². The van der Waals surface area contributed by atoms with Crippen LogP contribution in [0.4, 0.5) is 10.6 Å². The molecule has 0 radical (unpaired) electrons. The number of amides is 3. The molecule has 6 rings (SSSR count). The van der Waals surface area contributed by atoms with Crippen LogP contribution in [0, 0.1) is 5.41 Å². The van der Waals surface area contributed by atoms with Crippen molar-refractivity contribution in [3.8, 4) is 0 Å². The van der Waals surface area contributed by atoms with Gasteiger partial charge in [0.25, 0.3) is 0 Å². The van der Waals surface area contributed by atoms with Crippen molar-refractivity contribution in [1.29, 1.82) is 0 Å². The molecule has 0 unspecified atom stereocenters. The lowest BCUT2D eigenvalue weighted by Crippen LogP contribution is -2.61. The van der Waals surface area contributed by atoms with E-state index in [1.165, 1.54) is 23.3 Å². The monoisotopic (exact) mass is 532 g/mol. The summed E-state index contributed by atoms with van der Waals surface area (Å²) in [5, 5.41) is 8.50. The number of nitrogens with zero attached hydrogens (tertiary/aromatic N) is 4. The lowest BCUT2D eigenvalue weighted by molar-refractivity contribution is -0.125. The standard InChI is InChI=1S/C29H36N6O2S/c36-26(34-11-5-22(6-12-34)17-25-2-1-15-38-25)4-3-23-16-24-19-35(28(37)32-27(24)31-18-23)14-13-33-20-29(21-33)7-9-30-10-8-29/h1-5,15-16,18,30H,6-14,17,19-21H2,(H,31,32,37). The van der Waals surface area contributed by atoms with E-state index in [0.29, 0.717) is 30.9 Å². The Bertz CT molecular complexity index is 1230. The fraction of sp³-hybridized carbons (Fsp3) is 0.483. The molecule has 0 atom stereocenters. The van der Waals surface area contributed by atoms with Crippen LogP contribution in [0.3, 0.4) is 0 Å². The first-order valence-corrected chi connectivity index (χ1v) is 14.6. The molecule has 3 amide bonds. The molecular weight excluding hydrogens is 496 g/mol. The number of hydrogen-bond acceptors (Lipinski definition) is 6. The minimum Gasteiger partial charge on any atom is -0.335 e. The number of fused-ring (bicyclic) bond motifs is 1. The number of nitrogens with one attached hydrogen (secondary N) is 2. The van der Waals surface area contributed by atoms with Crippen molar-refractivity contribution in [3.63, 3.8) is 0 Å². The molecule has 8 nitrogen and oxygen atoms in total. The maximum Gasteiger partial charge on any atom is 0.323 e. The van der Waals surface area contributed by atoms with Gasteiger partial charge in [0, 0.05) is 68.4 Å². The lowest BCUT2D eigenvalue weighted by atomic mass is 9.72. The predicted molar refractivity (Wildman–Crippen MR) is 151 cm³/mol. The van der Waals surface area contributed by atoms with Gasteiger partial charge >= 0.3 is 6.03 Å². The van der Waals surface area contributed by atoms with Gasteiger partial charge in [-0.3, -0.25) is 10.1 Å². The van der Waals surface area contributed by atoms with Gasteiger partial charge in [-0.05, 0) is 66.9 Å². The van der Waals surface area contributed by atoms with Crippen molar-refractivity contribution >= 4 is 35.2 Å². The van der Waals surface area contributed by atoms with Crippen molar-refractivity contribution in [2.24, 2.45) is 5.41 Å². The minimum absolute atomic E-state index is 0.0186. The summed E-state index contributed by atoms with van der Waals surface area (Å²) in [6, 6.07) is 6.19. The molecular formula is C29H36N6O2S. The summed E-state index contributed by atoms with van der Waals surface area (Å²) in [5.41, 5.74) is 3.76. The molecule has 2 aromatic rings. The van der Waals surface area contributed by atoms with Gasteiger partial charge < -0.3 is 20.0 Å². The minimum atomic E-state index is -0.0859. The number of thiophene rings is 1. The topological polar surface area (TPSA) is 80.8 Å². The summed E-state index contributed by atoms with van der Waals surface area (Å²) in [4.78, 5) is 37.5. The van der Waals surface area contributed by atoms with E-state index in [-0.39, 0.29) is 11.9 Å². The molecule has 2 saturated heterocycles. The maximum absolute atomic E-state index is 12.8. The Morgan fingerprint density at radius 3 is 2.84 bits per heavy atom. The molecule has 4 aliphatic rings. The van der Waals surface area contributed by atoms with Crippen LogP contribution in [0.2, 0.25) is 0 Å². The van der Waals surface area contributed by atoms with Crippen LogP contribution in [0.15, 0.2) is 47.5 Å². The van der Waals surface area contributed by atoms with E-state index in [1.54, 1.807) is 23.6 Å². The van der Waals surface area contributed by atoms with E-state index in [1.807, 2.05) is 21.9 Å². The van der Waals surface area contributed by atoms with Gasteiger partial charge in [0.05, 0.1) is 6.54 Å². The molecule has 38 heavy (non-hydrogen) atoms. The summed E-state index contributed by atoms with van der Waals surface area (Å²) in [5.74, 6) is 0.636. The highest BCUT2D eigenvalue weighted by Crippen LogP contribution is 2.38. The fourth-order valence-corrected chi connectivity index (χ4v) is 6.83. The van der Waals surface area contributed by atoms with Crippen LogP contribution in [0.5, 0.6) is 0 Å². The lowest BCUT2D eigenvalue weighted by Gasteiger charge is -2.53. The Morgan fingerprint density at radius 2 is 2.08 bits per heavy atom. The highest BCUT2D eigenvalue weighted by Gasteiger charge is 2.43. The van der Waals surface area contributed by atoms with E-state index in [4.69, 9.17) is 0 Å². The average molecular weight is 533 g/mol. The third kappa shape index (κ3) is 5.70. The molecule has 6 heterocycles. The van der Waals surface area contributed by atoms with Crippen LogP contribution in [0.1, 0.15) is 35.3 Å². The number of pyridine rings is 1. The molecule has 2 aromatic heterocycles. The summed E-state index contributed by atoms with van der Waals surface area (Å²) in [6.45, 7) is 8.09. The molecule has 2 N–H and O–H groups in total. The quantitative estimate of drug-likeness (QED) is 0.421. The van der Waals surface area contributed by atoms with Crippen LogP contribution in [-0.2, 0) is 17.8 Å². The van der Waals surface area contributed by atoms with Crippen LogP contribution < -0.4 is 10.6 Å². The maximum atomic E-state index is 12.8. The second-order valence-corrected chi connectivity index (χ2v) is 12.1. The normalized spacial score (nSPS) is 21.3. The van der Waals surface area contributed by atoms with Crippen LogP contribution >= 0.6 is 11.3 Å². The molecule has 0 saturated carbocycles. The van der Waals surface area contributed by atoms with Crippen molar-refractivity contribution in [3.05, 3.63) is 63.5 Å². The summed E-state index contributed by atoms with van der Waals surface area (Å²) in [6.07, 6.45) is 11.8. The zero-order valence-electron chi connectivity index (χ0n) is 21.8. The van der Waals surface area contributed by atoms with Gasteiger partial charge in [-0.25, -0.2) is 9.78 Å². The molecule has 2 fully saturated rings. The summed E-state index contributed by atoms with van der Waals surface area (Å²) >= 11 is 1.78. The largest absolute Gasteiger partial charge is 0.335 e. The number of hydrogen-bond donors (Lipinski definition) is 2. The highest BCUT2D eigenvalue weighted by molar-refractivity contribution is 7.09. The molecule has 0 aromatic carbocycles. The van der Waals surface area contributed by atoms with Crippen molar-refractivity contribution < 1.29 is 9.59 Å². The van der Waals surface area contributed by atoms with E-state index in [0.717, 1.165) is 63.2 Å². The van der Waals surface area contributed by atoms with Gasteiger partial charge in [0.2, 0.25) is 5.91 Å². The van der Waals surface area contributed by atoms with Crippen molar-refractivity contribution in [2.45, 2.75) is 32.2 Å². The summed E-state index contributed by atoms with van der Waals surface area (Å²) < 4.78 is 0. The fourth-order valence-electron chi connectivity index (χ4n) is 6.07. The van der Waals surface area contributed by atoms with Gasteiger partial charge in [0.1, 0.15) is 5.82 Å². The number of anilines is 1. The second-order valence-electron chi connectivity index (χ2n) is 11.1. The molecule has 200 valence electrons. The molecule has 1 spiro atoms. The Hall–Kier alpha value is -3.01. The first kappa shape index (κ1) is 25.3. The van der Waals surface area contributed by atoms with Gasteiger partial charge in [-0.1, -0.05) is 17.7 Å². The van der Waals surface area contributed by atoms with Crippen molar-refractivity contribution in [2.75, 3.05) is 57.7 Å². The van der Waals surface area contributed by atoms with E-state index < -0.39 is 0 Å². The number of carbonyl (C=O) groups excluding carboxylic acids is 2. The summed E-state index contributed by atoms with van der Waals surface area (Å²) in [7, 11) is 0. The zero-order chi connectivity index (χ0) is 26.0. The number of carbonyl (C=O) groups is 2. The smallest absolute Gasteiger partial charge is 0.323 e. The van der Waals surface area contributed by atoms with Gasteiger partial charge in [0.15, 0.2) is 0 Å². The Kier molecular flexibility index (Phi) is 7.32. The Labute approximate surface area is 228 Å². The molecule has 4 aliphatic heterocycles. The number of urea groups is 1. The SMILES string of the molecule is O=C(C=Cc1cnc2c(c1)CN(CCN1CC3(CCNCC3)C1)C(=O)N2)N1CC=C(Cc2cccs2)CC1. The van der Waals surface area contributed by atoms with Gasteiger partial charge in [-0.2, -0.15) is 0 Å². The molecule has 0 bridgehead atoms. The number of aromatic nitrogens is 1.